The van der Waals surface area contributed by atoms with E-state index < -0.39 is 36.2 Å². The zero-order valence-corrected chi connectivity index (χ0v) is 15.6. The predicted octanol–water partition coefficient (Wildman–Crippen LogP) is 3.12. The van der Waals surface area contributed by atoms with E-state index in [2.05, 4.69) is 11.6 Å². The molecular formula is C20H19F3N4O3. The molecule has 4 N–H and O–H groups in total. The number of halogens is 3. The largest absolute Gasteiger partial charge is 0.480 e. The van der Waals surface area contributed by atoms with Crippen LogP contribution < -0.4 is 11.1 Å². The van der Waals surface area contributed by atoms with Gasteiger partial charge in [0.2, 0.25) is 0 Å². The van der Waals surface area contributed by atoms with Crippen LogP contribution in [0.3, 0.4) is 0 Å². The van der Waals surface area contributed by atoms with Crippen LogP contribution in [0, 0.1) is 5.92 Å². The molecule has 1 fully saturated rings. The normalized spacial score (nSPS) is 19.7. The Labute approximate surface area is 170 Å². The summed E-state index contributed by atoms with van der Waals surface area (Å²) in [6, 6.07) is 5.23. The van der Waals surface area contributed by atoms with Gasteiger partial charge in [0.05, 0.1) is 0 Å². The van der Waals surface area contributed by atoms with E-state index in [9.17, 15) is 27.9 Å². The number of benzene rings is 1. The number of hydrogen-bond donors (Lipinski definition) is 3. The Hall–Kier alpha value is -3.56. The number of likely N-dealkylation sites (tertiary alicyclic amines) is 1. The number of nitrogens with zero attached hydrogens (tertiary/aromatic N) is 2. The monoisotopic (exact) mass is 420 g/mol. The number of aliphatic carboxylic acids is 1. The van der Waals surface area contributed by atoms with Crippen LogP contribution in [0.2, 0.25) is 0 Å². The summed E-state index contributed by atoms with van der Waals surface area (Å²) >= 11 is 0. The molecule has 30 heavy (non-hydrogen) atoms. The highest BCUT2D eigenvalue weighted by Gasteiger charge is 2.52. The lowest BCUT2D eigenvalue weighted by Gasteiger charge is -2.47. The first kappa shape index (κ1) is 21.2. The molecule has 0 aliphatic carbocycles. The Balaban J connectivity index is 1.79. The first-order valence-corrected chi connectivity index (χ1v) is 8.93. The molecule has 2 aromatic rings. The Morgan fingerprint density at radius 2 is 1.93 bits per heavy atom. The van der Waals surface area contributed by atoms with E-state index in [0.29, 0.717) is 5.56 Å². The SMILES string of the molecule is C=C1[C@H](Cc2ccnc(N)c2)[C@@H](C(=O)O)N1C(=O)NC(c1ccccc1)C(F)(F)F. The molecule has 1 unspecified atom stereocenters. The number of amides is 2. The van der Waals surface area contributed by atoms with Gasteiger partial charge in [-0.1, -0.05) is 36.9 Å². The molecule has 3 atom stereocenters. The topological polar surface area (TPSA) is 109 Å². The maximum absolute atomic E-state index is 13.5. The Kier molecular flexibility index (Phi) is 5.68. The standard InChI is InChI=1S/C20H19F3N4O3/c1-11-14(9-12-7-8-25-15(24)10-12)16(18(28)29)27(11)19(30)26-17(20(21,22)23)13-5-3-2-4-6-13/h2-8,10,14,16-17H,1,9H2,(H2,24,25)(H,26,30)(H,28,29)/t14-,16-,17?/m0/s1. The fourth-order valence-corrected chi connectivity index (χ4v) is 3.47. The van der Waals surface area contributed by atoms with E-state index in [1.54, 1.807) is 18.2 Å². The van der Waals surface area contributed by atoms with Crippen molar-refractivity contribution in [1.29, 1.82) is 0 Å². The van der Waals surface area contributed by atoms with Gasteiger partial charge in [0.15, 0.2) is 6.04 Å². The zero-order valence-electron chi connectivity index (χ0n) is 15.6. The number of rotatable bonds is 5. The highest BCUT2D eigenvalue weighted by Crippen LogP contribution is 2.39. The van der Waals surface area contributed by atoms with Crippen molar-refractivity contribution in [3.05, 3.63) is 72.1 Å². The van der Waals surface area contributed by atoms with Crippen molar-refractivity contribution in [1.82, 2.24) is 15.2 Å². The van der Waals surface area contributed by atoms with E-state index in [1.807, 2.05) is 5.32 Å². The summed E-state index contributed by atoms with van der Waals surface area (Å²) in [5, 5.41) is 11.5. The van der Waals surface area contributed by atoms with Crippen LogP contribution in [0.4, 0.5) is 23.8 Å². The fraction of sp³-hybridized carbons (Fsp3) is 0.250. The molecule has 1 aliphatic heterocycles. The quantitative estimate of drug-likeness (QED) is 0.689. The van der Waals surface area contributed by atoms with Gasteiger partial charge in [0.25, 0.3) is 0 Å². The van der Waals surface area contributed by atoms with E-state index in [0.717, 1.165) is 4.90 Å². The van der Waals surface area contributed by atoms with Gasteiger partial charge in [0.1, 0.15) is 11.9 Å². The summed E-state index contributed by atoms with van der Waals surface area (Å²) in [4.78, 5) is 28.9. The number of carboxylic acids is 1. The zero-order chi connectivity index (χ0) is 22.1. The van der Waals surface area contributed by atoms with Crippen molar-refractivity contribution >= 4 is 17.8 Å². The third-order valence-electron chi connectivity index (χ3n) is 4.90. The number of nitrogen functional groups attached to an aromatic ring is 1. The van der Waals surface area contributed by atoms with Crippen LogP contribution >= 0.6 is 0 Å². The summed E-state index contributed by atoms with van der Waals surface area (Å²) in [6.45, 7) is 3.71. The highest BCUT2D eigenvalue weighted by molar-refractivity contribution is 5.88. The molecule has 0 saturated carbocycles. The number of alkyl halides is 3. The lowest BCUT2D eigenvalue weighted by atomic mass is 9.80. The molecule has 1 aromatic carbocycles. The van der Waals surface area contributed by atoms with Crippen molar-refractivity contribution in [2.45, 2.75) is 24.7 Å². The number of carbonyl (C=O) groups is 2. The molecule has 2 heterocycles. The molecule has 10 heteroatoms. The van der Waals surface area contributed by atoms with Crippen LogP contribution in [0.25, 0.3) is 0 Å². The van der Waals surface area contributed by atoms with Gasteiger partial charge in [-0.2, -0.15) is 13.2 Å². The third kappa shape index (κ3) is 4.22. The van der Waals surface area contributed by atoms with Crippen molar-refractivity contribution < 1.29 is 27.9 Å². The number of nitrogens with two attached hydrogens (primary N) is 1. The molecule has 1 aromatic heterocycles. The lowest BCUT2D eigenvalue weighted by Crippen LogP contribution is -2.63. The van der Waals surface area contributed by atoms with Crippen LogP contribution in [0.15, 0.2) is 60.9 Å². The van der Waals surface area contributed by atoms with Gasteiger partial charge < -0.3 is 16.2 Å². The Bertz CT molecular complexity index is 965. The number of pyridine rings is 1. The Morgan fingerprint density at radius 3 is 2.50 bits per heavy atom. The third-order valence-corrected chi connectivity index (χ3v) is 4.90. The average Bonchev–Trinajstić information content (AvgIpc) is 2.67. The van der Waals surface area contributed by atoms with Crippen LogP contribution in [0.1, 0.15) is 17.2 Å². The summed E-state index contributed by atoms with van der Waals surface area (Å²) in [5.41, 5.74) is 6.25. The maximum Gasteiger partial charge on any atom is 0.412 e. The van der Waals surface area contributed by atoms with E-state index in [-0.39, 0.29) is 23.5 Å². The molecule has 0 spiro atoms. The molecule has 0 radical (unpaired) electrons. The predicted molar refractivity (Wildman–Crippen MR) is 102 cm³/mol. The number of carboxylic acid groups (broad SMARTS) is 1. The summed E-state index contributed by atoms with van der Waals surface area (Å²) in [5.74, 6) is -1.77. The smallest absolute Gasteiger partial charge is 0.412 e. The molecule has 2 amide bonds. The van der Waals surface area contributed by atoms with E-state index in [1.165, 1.54) is 30.5 Å². The summed E-state index contributed by atoms with van der Waals surface area (Å²) in [7, 11) is 0. The summed E-state index contributed by atoms with van der Waals surface area (Å²) < 4.78 is 40.5. The maximum atomic E-state index is 13.5. The van der Waals surface area contributed by atoms with Gasteiger partial charge >= 0.3 is 18.2 Å². The second-order valence-corrected chi connectivity index (χ2v) is 6.88. The summed E-state index contributed by atoms with van der Waals surface area (Å²) in [6.07, 6.45) is -3.11. The van der Waals surface area contributed by atoms with Gasteiger partial charge in [0, 0.05) is 17.8 Å². The number of hydrogen-bond acceptors (Lipinski definition) is 4. The van der Waals surface area contributed by atoms with Crippen molar-refractivity contribution in [2.24, 2.45) is 5.92 Å². The van der Waals surface area contributed by atoms with Crippen molar-refractivity contribution in [3.63, 3.8) is 0 Å². The second kappa shape index (κ2) is 8.05. The number of anilines is 1. The number of aromatic nitrogens is 1. The van der Waals surface area contributed by atoms with Crippen molar-refractivity contribution in [3.8, 4) is 0 Å². The van der Waals surface area contributed by atoms with Crippen molar-refractivity contribution in [2.75, 3.05) is 5.73 Å². The molecular weight excluding hydrogens is 401 g/mol. The van der Waals surface area contributed by atoms with Crippen LogP contribution in [-0.2, 0) is 11.2 Å². The molecule has 0 bridgehead atoms. The van der Waals surface area contributed by atoms with E-state index >= 15 is 0 Å². The number of urea groups is 1. The minimum absolute atomic E-state index is 0.115. The first-order chi connectivity index (χ1) is 14.1. The highest BCUT2D eigenvalue weighted by atomic mass is 19.4. The molecule has 3 rings (SSSR count). The molecule has 158 valence electrons. The second-order valence-electron chi connectivity index (χ2n) is 6.88. The van der Waals surface area contributed by atoms with Gasteiger partial charge in [-0.25, -0.2) is 14.6 Å². The number of nitrogens with one attached hydrogen (secondary N) is 1. The van der Waals surface area contributed by atoms with Gasteiger partial charge in [-0.15, -0.1) is 0 Å². The van der Waals surface area contributed by atoms with Crippen LogP contribution in [-0.4, -0.2) is 39.2 Å². The Morgan fingerprint density at radius 1 is 1.27 bits per heavy atom. The lowest BCUT2D eigenvalue weighted by molar-refractivity contribution is -0.156. The van der Waals surface area contributed by atoms with Gasteiger partial charge in [-0.3, -0.25) is 4.90 Å². The van der Waals surface area contributed by atoms with Gasteiger partial charge in [-0.05, 0) is 29.7 Å². The van der Waals surface area contributed by atoms with Crippen LogP contribution in [0.5, 0.6) is 0 Å². The fourth-order valence-electron chi connectivity index (χ4n) is 3.47. The number of carbonyl (C=O) groups excluding carboxylic acids is 1. The minimum Gasteiger partial charge on any atom is -0.480 e. The molecule has 7 nitrogen and oxygen atoms in total. The molecule has 1 aliphatic rings. The first-order valence-electron chi connectivity index (χ1n) is 8.93. The molecule has 1 saturated heterocycles. The average molecular weight is 420 g/mol. The van der Waals surface area contributed by atoms with E-state index in [4.69, 9.17) is 5.73 Å². The minimum atomic E-state index is -4.77.